The summed E-state index contributed by atoms with van der Waals surface area (Å²) >= 11 is 0. The third kappa shape index (κ3) is 6.65. The standard InChI is InChI=1S/C17H22O6/c1-3-11-23-16(19)9-8-15(21-2)17(20)13-4-6-14(7-5-13)22-12-10-18/h3-9,15,17-18,20H,1,10-12H2,2H3/b9-8+/t15-,17-/m1/s1. The Morgan fingerprint density at radius 1 is 1.35 bits per heavy atom. The molecule has 0 fully saturated rings. The van der Waals surface area contributed by atoms with Gasteiger partial charge in [-0.15, -0.1) is 0 Å². The van der Waals surface area contributed by atoms with Gasteiger partial charge < -0.3 is 24.4 Å². The third-order valence-electron chi connectivity index (χ3n) is 2.93. The monoisotopic (exact) mass is 322 g/mol. The molecule has 0 aromatic heterocycles. The van der Waals surface area contributed by atoms with E-state index in [1.807, 2.05) is 0 Å². The van der Waals surface area contributed by atoms with Gasteiger partial charge in [0.15, 0.2) is 0 Å². The Kier molecular flexibility index (Phi) is 8.67. The molecule has 0 saturated carbocycles. The van der Waals surface area contributed by atoms with Crippen molar-refractivity contribution in [3.05, 3.63) is 54.6 Å². The highest BCUT2D eigenvalue weighted by Crippen LogP contribution is 2.22. The molecule has 1 aromatic rings. The third-order valence-corrected chi connectivity index (χ3v) is 2.93. The van der Waals surface area contributed by atoms with Crippen molar-refractivity contribution in [2.75, 3.05) is 26.9 Å². The van der Waals surface area contributed by atoms with Crippen LogP contribution in [0.4, 0.5) is 0 Å². The molecule has 1 aromatic carbocycles. The molecule has 0 bridgehead atoms. The van der Waals surface area contributed by atoms with E-state index in [1.165, 1.54) is 25.3 Å². The number of ether oxygens (including phenoxy) is 3. The van der Waals surface area contributed by atoms with Crippen molar-refractivity contribution in [1.29, 1.82) is 0 Å². The molecule has 0 aliphatic rings. The lowest BCUT2D eigenvalue weighted by Gasteiger charge is -2.19. The zero-order valence-electron chi connectivity index (χ0n) is 13.1. The molecule has 0 aliphatic heterocycles. The van der Waals surface area contributed by atoms with Gasteiger partial charge in [0.25, 0.3) is 0 Å². The molecule has 6 heteroatoms. The van der Waals surface area contributed by atoms with Gasteiger partial charge in [-0.2, -0.15) is 0 Å². The van der Waals surface area contributed by atoms with Crippen LogP contribution < -0.4 is 4.74 Å². The topological polar surface area (TPSA) is 85.2 Å². The zero-order valence-corrected chi connectivity index (χ0v) is 13.1. The SMILES string of the molecule is C=CCOC(=O)/C=C/[C@@H](OC)[C@H](O)c1ccc(OCCO)cc1. The number of carbonyl (C=O) groups is 1. The number of aliphatic hydroxyl groups excluding tert-OH is 2. The molecule has 0 saturated heterocycles. The molecule has 23 heavy (non-hydrogen) atoms. The predicted octanol–water partition coefficient (Wildman–Crippen LogP) is 1.39. The first-order chi connectivity index (χ1) is 11.1. The summed E-state index contributed by atoms with van der Waals surface area (Å²) in [7, 11) is 1.44. The van der Waals surface area contributed by atoms with Gasteiger partial charge in [0.2, 0.25) is 0 Å². The van der Waals surface area contributed by atoms with Crippen molar-refractivity contribution in [2.24, 2.45) is 0 Å². The Morgan fingerprint density at radius 2 is 2.04 bits per heavy atom. The van der Waals surface area contributed by atoms with Gasteiger partial charge in [-0.1, -0.05) is 24.8 Å². The van der Waals surface area contributed by atoms with Crippen LogP contribution >= 0.6 is 0 Å². The molecular weight excluding hydrogens is 300 g/mol. The van der Waals surface area contributed by atoms with Crippen LogP contribution in [0.25, 0.3) is 0 Å². The summed E-state index contributed by atoms with van der Waals surface area (Å²) in [6, 6.07) is 6.74. The Hall–Kier alpha value is -2.15. The summed E-state index contributed by atoms with van der Waals surface area (Å²) in [6.45, 7) is 3.71. The summed E-state index contributed by atoms with van der Waals surface area (Å²) < 4.78 is 15.2. The van der Waals surface area contributed by atoms with Gasteiger partial charge in [-0.25, -0.2) is 4.79 Å². The lowest BCUT2D eigenvalue weighted by Crippen LogP contribution is -2.19. The fourth-order valence-corrected chi connectivity index (χ4v) is 1.79. The average molecular weight is 322 g/mol. The summed E-state index contributed by atoms with van der Waals surface area (Å²) in [6.07, 6.45) is 2.46. The maximum absolute atomic E-state index is 11.4. The van der Waals surface area contributed by atoms with Gasteiger partial charge in [-0.3, -0.25) is 0 Å². The van der Waals surface area contributed by atoms with Gasteiger partial charge in [0.05, 0.1) is 6.61 Å². The first kappa shape index (κ1) is 18.9. The second kappa shape index (κ2) is 10.6. The molecule has 2 N–H and O–H groups in total. The largest absolute Gasteiger partial charge is 0.491 e. The number of hydrogen-bond acceptors (Lipinski definition) is 6. The molecule has 0 radical (unpaired) electrons. The van der Waals surface area contributed by atoms with Gasteiger partial charge in [0.1, 0.15) is 31.2 Å². The smallest absolute Gasteiger partial charge is 0.330 e. The van der Waals surface area contributed by atoms with Crippen molar-refractivity contribution < 1.29 is 29.2 Å². The summed E-state index contributed by atoms with van der Waals surface area (Å²) in [5.41, 5.74) is 0.609. The van der Waals surface area contributed by atoms with Crippen LogP contribution in [0, 0.1) is 0 Å². The van der Waals surface area contributed by atoms with Crippen molar-refractivity contribution in [3.63, 3.8) is 0 Å². The minimum atomic E-state index is -0.949. The normalized spacial score (nSPS) is 13.5. The highest BCUT2D eigenvalue weighted by Gasteiger charge is 2.18. The average Bonchev–Trinajstić information content (AvgIpc) is 2.58. The number of methoxy groups -OCH3 is 1. The van der Waals surface area contributed by atoms with Crippen LogP contribution in [0.15, 0.2) is 49.1 Å². The molecule has 126 valence electrons. The van der Waals surface area contributed by atoms with Crippen molar-refractivity contribution in [2.45, 2.75) is 12.2 Å². The minimum Gasteiger partial charge on any atom is -0.491 e. The quantitative estimate of drug-likeness (QED) is 0.385. The van der Waals surface area contributed by atoms with E-state index in [0.29, 0.717) is 11.3 Å². The first-order valence-electron chi connectivity index (χ1n) is 7.12. The Morgan fingerprint density at radius 3 is 2.61 bits per heavy atom. The molecule has 1 rings (SSSR count). The maximum Gasteiger partial charge on any atom is 0.330 e. The second-order valence-corrected chi connectivity index (χ2v) is 4.56. The van der Waals surface area contributed by atoms with E-state index < -0.39 is 18.2 Å². The molecule has 6 nitrogen and oxygen atoms in total. The fourth-order valence-electron chi connectivity index (χ4n) is 1.79. The first-order valence-corrected chi connectivity index (χ1v) is 7.12. The molecule has 0 amide bonds. The van der Waals surface area contributed by atoms with Crippen molar-refractivity contribution in [3.8, 4) is 5.75 Å². The van der Waals surface area contributed by atoms with Gasteiger partial charge in [0, 0.05) is 13.2 Å². The second-order valence-electron chi connectivity index (χ2n) is 4.56. The van der Waals surface area contributed by atoms with Crippen molar-refractivity contribution >= 4 is 5.97 Å². The van der Waals surface area contributed by atoms with Crippen molar-refractivity contribution in [1.82, 2.24) is 0 Å². The minimum absolute atomic E-state index is 0.0666. The Balaban J connectivity index is 2.68. The maximum atomic E-state index is 11.4. The molecule has 0 unspecified atom stereocenters. The molecule has 0 aliphatic carbocycles. The molecule has 0 heterocycles. The van der Waals surface area contributed by atoms with Gasteiger partial charge >= 0.3 is 5.97 Å². The lowest BCUT2D eigenvalue weighted by atomic mass is 10.0. The van der Waals surface area contributed by atoms with E-state index in [2.05, 4.69) is 6.58 Å². The van der Waals surface area contributed by atoms with Gasteiger partial charge in [-0.05, 0) is 23.8 Å². The summed E-state index contributed by atoms with van der Waals surface area (Å²) in [5.74, 6) is 0.0550. The highest BCUT2D eigenvalue weighted by molar-refractivity contribution is 5.82. The van der Waals surface area contributed by atoms with Crippen LogP contribution in [-0.4, -0.2) is 49.2 Å². The fraction of sp³-hybridized carbons (Fsp3) is 0.353. The van der Waals surface area contributed by atoms with E-state index in [-0.39, 0.29) is 19.8 Å². The van der Waals surface area contributed by atoms with Crippen LogP contribution in [0.5, 0.6) is 5.75 Å². The molecular formula is C17H22O6. The number of esters is 1. The Labute approximate surface area is 135 Å². The number of carbonyl (C=O) groups excluding carboxylic acids is 1. The predicted molar refractivity (Wildman–Crippen MR) is 85.1 cm³/mol. The van der Waals surface area contributed by atoms with E-state index in [0.717, 1.165) is 0 Å². The van der Waals surface area contributed by atoms with E-state index in [1.54, 1.807) is 24.3 Å². The number of rotatable bonds is 10. The van der Waals surface area contributed by atoms with E-state index >= 15 is 0 Å². The zero-order chi connectivity index (χ0) is 17.1. The Bertz CT molecular complexity index is 508. The number of aliphatic hydroxyl groups is 2. The van der Waals surface area contributed by atoms with Crippen LogP contribution in [0.1, 0.15) is 11.7 Å². The van der Waals surface area contributed by atoms with E-state index in [4.69, 9.17) is 19.3 Å². The van der Waals surface area contributed by atoms with Crippen LogP contribution in [0.3, 0.4) is 0 Å². The van der Waals surface area contributed by atoms with E-state index in [9.17, 15) is 9.90 Å². The summed E-state index contributed by atoms with van der Waals surface area (Å²) in [5, 5.41) is 19.0. The number of hydrogen-bond donors (Lipinski definition) is 2. The summed E-state index contributed by atoms with van der Waals surface area (Å²) in [4.78, 5) is 11.4. The lowest BCUT2D eigenvalue weighted by molar-refractivity contribution is -0.136. The molecule has 2 atom stereocenters. The molecule has 0 spiro atoms. The number of benzene rings is 1. The van der Waals surface area contributed by atoms with Crippen LogP contribution in [0.2, 0.25) is 0 Å². The highest BCUT2D eigenvalue weighted by atomic mass is 16.5. The van der Waals surface area contributed by atoms with Crippen LogP contribution in [-0.2, 0) is 14.3 Å².